The summed E-state index contributed by atoms with van der Waals surface area (Å²) in [5.41, 5.74) is 2.69. The van der Waals surface area contributed by atoms with Crippen molar-refractivity contribution in [1.29, 1.82) is 0 Å². The molecule has 0 radical (unpaired) electrons. The molecule has 0 amide bonds. The molecule has 1 aliphatic rings. The lowest BCUT2D eigenvalue weighted by molar-refractivity contribution is 0.363. The van der Waals surface area contributed by atoms with Gasteiger partial charge in [-0.2, -0.15) is 0 Å². The summed E-state index contributed by atoms with van der Waals surface area (Å²) in [5.74, 6) is 0. The summed E-state index contributed by atoms with van der Waals surface area (Å²) >= 11 is 4.88. The van der Waals surface area contributed by atoms with Crippen molar-refractivity contribution in [2.45, 2.75) is 26.7 Å². The molecule has 2 heteroatoms. The third-order valence-corrected chi connectivity index (χ3v) is 1.98. The van der Waals surface area contributed by atoms with Crippen molar-refractivity contribution in [1.82, 2.24) is 0 Å². The van der Waals surface area contributed by atoms with Gasteiger partial charge in [0.2, 0.25) is 0 Å². The summed E-state index contributed by atoms with van der Waals surface area (Å²) in [6, 6.07) is 0. The average Bonchev–Trinajstić information content (AvgIpc) is 2.35. The second-order valence-electron chi connectivity index (χ2n) is 3.23. The molecule has 0 bridgehead atoms. The smallest absolute Gasteiger partial charge is 0.184 e. The Hall–Kier alpha value is -0.630. The van der Waals surface area contributed by atoms with Gasteiger partial charge >= 0.3 is 0 Å². The Kier molecular flexibility index (Phi) is 3.48. The third kappa shape index (κ3) is 3.18. The van der Waals surface area contributed by atoms with Crippen LogP contribution in [0.2, 0.25) is 0 Å². The van der Waals surface area contributed by atoms with Crippen LogP contribution >= 0.6 is 12.2 Å². The number of hydrogen-bond donors (Lipinski definition) is 0. The lowest BCUT2D eigenvalue weighted by Gasteiger charge is -1.96. The molecule has 66 valence electrons. The van der Waals surface area contributed by atoms with Crippen LogP contribution in [-0.2, 0) is 4.74 Å². The van der Waals surface area contributed by atoms with Gasteiger partial charge < -0.3 is 4.74 Å². The molecule has 1 aliphatic heterocycles. The summed E-state index contributed by atoms with van der Waals surface area (Å²) in [4.78, 5) is 0. The fourth-order valence-electron chi connectivity index (χ4n) is 1.10. The lowest BCUT2D eigenvalue weighted by atomic mass is 10.1. The Balaban J connectivity index is 2.29. The summed E-state index contributed by atoms with van der Waals surface area (Å²) in [6.45, 7) is 4.93. The molecule has 0 aromatic carbocycles. The van der Waals surface area contributed by atoms with Crippen molar-refractivity contribution in [3.8, 4) is 0 Å². The summed E-state index contributed by atoms with van der Waals surface area (Å²) in [5, 5.41) is 0.641. The van der Waals surface area contributed by atoms with Crippen LogP contribution in [0.3, 0.4) is 0 Å². The van der Waals surface area contributed by atoms with Crippen LogP contribution in [0.1, 0.15) is 26.7 Å². The Morgan fingerprint density at radius 3 is 2.92 bits per heavy atom. The van der Waals surface area contributed by atoms with E-state index in [1.165, 1.54) is 11.1 Å². The Morgan fingerprint density at radius 2 is 2.42 bits per heavy atom. The van der Waals surface area contributed by atoms with E-state index in [4.69, 9.17) is 17.0 Å². The molecular weight excluding hydrogens is 168 g/mol. The highest BCUT2D eigenvalue weighted by Crippen LogP contribution is 2.13. The predicted octanol–water partition coefficient (Wildman–Crippen LogP) is 3.02. The number of thiocarbonyl (C=S) groups is 1. The highest BCUT2D eigenvalue weighted by molar-refractivity contribution is 7.80. The van der Waals surface area contributed by atoms with Gasteiger partial charge in [-0.15, -0.1) is 0 Å². The molecule has 1 heterocycles. The predicted molar refractivity (Wildman–Crippen MR) is 55.3 cm³/mol. The van der Waals surface area contributed by atoms with Crippen molar-refractivity contribution in [2.75, 3.05) is 6.61 Å². The molecule has 1 rings (SSSR count). The monoisotopic (exact) mass is 182 g/mol. The molecule has 0 spiro atoms. The van der Waals surface area contributed by atoms with E-state index in [0.29, 0.717) is 11.7 Å². The Bertz CT molecular complexity index is 234. The quantitative estimate of drug-likeness (QED) is 0.490. The third-order valence-electron chi connectivity index (χ3n) is 1.74. The second-order valence-corrected chi connectivity index (χ2v) is 3.63. The van der Waals surface area contributed by atoms with Crippen LogP contribution in [0.15, 0.2) is 23.3 Å². The van der Waals surface area contributed by atoms with Gasteiger partial charge in [-0.05, 0) is 50.6 Å². The van der Waals surface area contributed by atoms with Crippen LogP contribution in [0.25, 0.3) is 0 Å². The van der Waals surface area contributed by atoms with E-state index in [9.17, 15) is 0 Å². The zero-order chi connectivity index (χ0) is 8.97. The molecule has 0 N–H and O–H groups in total. The molecule has 0 fully saturated rings. The summed E-state index contributed by atoms with van der Waals surface area (Å²) in [6.07, 6.45) is 6.38. The highest BCUT2D eigenvalue weighted by Gasteiger charge is 2.07. The lowest BCUT2D eigenvalue weighted by Crippen LogP contribution is -1.89. The maximum absolute atomic E-state index is 5.14. The minimum absolute atomic E-state index is 0.641. The molecule has 0 aromatic rings. The van der Waals surface area contributed by atoms with Crippen LogP contribution in [-0.4, -0.2) is 11.7 Å². The average molecular weight is 182 g/mol. The van der Waals surface area contributed by atoms with Crippen molar-refractivity contribution >= 4 is 17.3 Å². The van der Waals surface area contributed by atoms with Crippen LogP contribution < -0.4 is 0 Å². The van der Waals surface area contributed by atoms with Crippen molar-refractivity contribution in [3.05, 3.63) is 23.3 Å². The fourth-order valence-corrected chi connectivity index (χ4v) is 1.33. The van der Waals surface area contributed by atoms with Gasteiger partial charge in [0.05, 0.1) is 0 Å². The largest absolute Gasteiger partial charge is 0.479 e. The number of allylic oxidation sites excluding steroid dienone is 2. The van der Waals surface area contributed by atoms with E-state index < -0.39 is 0 Å². The van der Waals surface area contributed by atoms with E-state index in [-0.39, 0.29) is 0 Å². The standard InChI is InChI=1S/C10H14OS/c1-8(2)4-3-5-9-6-10(12)11-7-9/h4,6H,3,5,7H2,1-2H3. The van der Waals surface area contributed by atoms with E-state index >= 15 is 0 Å². The first-order chi connectivity index (χ1) is 5.68. The number of hydrogen-bond acceptors (Lipinski definition) is 2. The minimum atomic E-state index is 0.641. The van der Waals surface area contributed by atoms with Gasteiger partial charge in [-0.25, -0.2) is 0 Å². The van der Waals surface area contributed by atoms with Gasteiger partial charge in [0, 0.05) is 0 Å². The summed E-state index contributed by atoms with van der Waals surface area (Å²) in [7, 11) is 0. The van der Waals surface area contributed by atoms with E-state index in [2.05, 4.69) is 19.9 Å². The first-order valence-corrected chi connectivity index (χ1v) is 4.59. The fraction of sp³-hybridized carbons (Fsp3) is 0.500. The summed E-state index contributed by atoms with van der Waals surface area (Å²) < 4.78 is 5.14. The van der Waals surface area contributed by atoms with Crippen LogP contribution in [0, 0.1) is 0 Å². The SMILES string of the molecule is CC(C)=CCCC1=CC(=S)OC1. The molecule has 0 unspecified atom stereocenters. The van der Waals surface area contributed by atoms with Gasteiger partial charge in [-0.1, -0.05) is 11.6 Å². The van der Waals surface area contributed by atoms with Gasteiger partial charge in [-0.3, -0.25) is 0 Å². The molecule has 0 aliphatic carbocycles. The zero-order valence-electron chi connectivity index (χ0n) is 7.59. The van der Waals surface area contributed by atoms with Crippen molar-refractivity contribution < 1.29 is 4.74 Å². The topological polar surface area (TPSA) is 9.23 Å². The molecule has 12 heavy (non-hydrogen) atoms. The van der Waals surface area contributed by atoms with E-state index in [0.717, 1.165) is 12.8 Å². The van der Waals surface area contributed by atoms with E-state index in [1.807, 2.05) is 6.08 Å². The molecular formula is C10H14OS. The normalized spacial score (nSPS) is 15.5. The number of rotatable bonds is 3. The maximum atomic E-state index is 5.14. The molecule has 0 aromatic heterocycles. The van der Waals surface area contributed by atoms with Gasteiger partial charge in [0.25, 0.3) is 0 Å². The minimum Gasteiger partial charge on any atom is -0.479 e. The zero-order valence-corrected chi connectivity index (χ0v) is 8.41. The van der Waals surface area contributed by atoms with Gasteiger partial charge in [0.1, 0.15) is 6.61 Å². The van der Waals surface area contributed by atoms with Crippen molar-refractivity contribution in [3.63, 3.8) is 0 Å². The second kappa shape index (κ2) is 4.41. The Morgan fingerprint density at radius 1 is 1.67 bits per heavy atom. The van der Waals surface area contributed by atoms with Crippen LogP contribution in [0.4, 0.5) is 0 Å². The molecule has 0 atom stereocenters. The van der Waals surface area contributed by atoms with E-state index in [1.54, 1.807) is 0 Å². The molecule has 1 nitrogen and oxygen atoms in total. The Labute approximate surface area is 79.1 Å². The van der Waals surface area contributed by atoms with Crippen molar-refractivity contribution in [2.24, 2.45) is 0 Å². The highest BCUT2D eigenvalue weighted by atomic mass is 32.1. The molecule has 0 saturated carbocycles. The first kappa shape index (κ1) is 9.46. The first-order valence-electron chi connectivity index (χ1n) is 4.18. The molecule has 0 saturated heterocycles. The van der Waals surface area contributed by atoms with Gasteiger partial charge in [0.15, 0.2) is 5.05 Å². The van der Waals surface area contributed by atoms with Crippen LogP contribution in [0.5, 0.6) is 0 Å². The maximum Gasteiger partial charge on any atom is 0.184 e. The number of ether oxygens (including phenoxy) is 1.